The van der Waals surface area contributed by atoms with Gasteiger partial charge in [0.15, 0.2) is 11.5 Å². The number of carbonyl (C=O) groups excluding carboxylic acids is 4. The Kier molecular flexibility index (Phi) is 15.0. The molecule has 2 heterocycles. The third-order valence-corrected chi connectivity index (χ3v) is 14.2. The summed E-state index contributed by atoms with van der Waals surface area (Å²) in [6.45, 7) is 20.6. The van der Waals surface area contributed by atoms with Gasteiger partial charge in [-0.15, -0.1) is 0 Å². The average molecular weight is 809 g/mol. The summed E-state index contributed by atoms with van der Waals surface area (Å²) in [5, 5.41) is 10.7. The maximum Gasteiger partial charge on any atom is 0.342 e. The van der Waals surface area contributed by atoms with Crippen molar-refractivity contribution in [2.45, 2.75) is 163 Å². The number of hydrogen-bond donors (Lipinski definition) is 1. The number of ketones is 1. The molecule has 0 aromatic heterocycles. The van der Waals surface area contributed by atoms with Crippen LogP contribution in [0.3, 0.4) is 0 Å². The molecule has 0 amide bonds. The number of hydrogen-bond acceptors (Lipinski definition) is 9. The standard InChI is InChI=1S/C47H65ClO9/c1-28(2)12-11-13-29(3)32(6)46(7)21-18-33(19-22-46)47(8)23-20-35(24-30(47)4)55-41(51)16-17-42(52)57-40-27-37(50)43-36(44(40)48)26-34(49)14-9-10-15-38-39(56-38)25-31(5)54-45(43)53/h9-10,14-15,27-29,31-33,35,38-39,50H,4,11-13,16-26H2,1-3,5-8H3/b14-9+,15-10-/t29-,31-,32-,33?,35+,38-,39-,46?,47+/m1/s1. The lowest BCUT2D eigenvalue weighted by Crippen LogP contribution is -2.42. The number of allylic oxidation sites excluding steroid dienone is 3. The van der Waals surface area contributed by atoms with Crippen molar-refractivity contribution in [1.29, 1.82) is 0 Å². The highest BCUT2D eigenvalue weighted by molar-refractivity contribution is 6.34. The van der Waals surface area contributed by atoms with E-state index in [-0.39, 0.29) is 64.9 Å². The first-order valence-corrected chi connectivity index (χ1v) is 21.6. The quantitative estimate of drug-likeness (QED) is 0.0949. The van der Waals surface area contributed by atoms with Gasteiger partial charge >= 0.3 is 17.9 Å². The minimum Gasteiger partial charge on any atom is -0.507 e. The van der Waals surface area contributed by atoms with Gasteiger partial charge in [-0.25, -0.2) is 4.79 Å². The number of aromatic hydroxyl groups is 1. The van der Waals surface area contributed by atoms with Crippen LogP contribution in [0.15, 0.2) is 42.5 Å². The Hall–Kier alpha value is -3.43. The van der Waals surface area contributed by atoms with Crippen molar-refractivity contribution in [3.8, 4) is 11.5 Å². The first-order chi connectivity index (χ1) is 26.9. The Labute approximate surface area is 344 Å². The van der Waals surface area contributed by atoms with E-state index in [1.54, 1.807) is 19.1 Å². The van der Waals surface area contributed by atoms with Gasteiger partial charge in [-0.1, -0.05) is 103 Å². The third kappa shape index (κ3) is 11.4. The fourth-order valence-electron chi connectivity index (χ4n) is 9.46. The first-order valence-electron chi connectivity index (χ1n) is 21.3. The monoisotopic (exact) mass is 808 g/mol. The molecule has 314 valence electrons. The van der Waals surface area contributed by atoms with E-state index in [1.165, 1.54) is 51.0 Å². The van der Waals surface area contributed by atoms with E-state index in [0.717, 1.165) is 36.3 Å². The van der Waals surface area contributed by atoms with E-state index >= 15 is 0 Å². The highest BCUT2D eigenvalue weighted by atomic mass is 35.5. The van der Waals surface area contributed by atoms with Crippen LogP contribution in [0.25, 0.3) is 0 Å². The van der Waals surface area contributed by atoms with Crippen molar-refractivity contribution in [2.75, 3.05) is 0 Å². The Bertz CT molecular complexity index is 1720. The minimum atomic E-state index is -0.867. The number of halogens is 1. The SMILES string of the molecule is C=C1C[C@@H](OC(=O)CCC(=O)Oc2cc(O)c3c(c2Cl)CC(=O)/C=C/C=C\[C@H]2O[C@@H]2C[C@@H](C)OC3=O)CC[C@]1(C)C1CCC(C)([C@H](C)[C@H](C)CCCC(C)C)CC1. The molecule has 2 aliphatic carbocycles. The fraction of sp³-hybridized carbons (Fsp3) is 0.660. The molecule has 1 saturated heterocycles. The van der Waals surface area contributed by atoms with Crippen molar-refractivity contribution < 1.29 is 43.2 Å². The number of benzene rings is 1. The van der Waals surface area contributed by atoms with Gasteiger partial charge in [-0.3, -0.25) is 14.4 Å². The molecule has 1 aromatic rings. The zero-order valence-corrected chi connectivity index (χ0v) is 36.0. The van der Waals surface area contributed by atoms with E-state index < -0.39 is 35.5 Å². The van der Waals surface area contributed by atoms with Crippen LogP contribution >= 0.6 is 11.6 Å². The Morgan fingerprint density at radius 3 is 2.40 bits per heavy atom. The number of fused-ring (bicyclic) bond motifs is 2. The summed E-state index contributed by atoms with van der Waals surface area (Å²) in [6, 6.07) is 1.04. The van der Waals surface area contributed by atoms with Crippen LogP contribution in [0.5, 0.6) is 11.5 Å². The number of esters is 3. The smallest absolute Gasteiger partial charge is 0.342 e. The predicted octanol–water partition coefficient (Wildman–Crippen LogP) is 10.6. The second-order valence-corrected chi connectivity index (χ2v) is 18.8. The molecule has 2 aliphatic heterocycles. The molecule has 1 N–H and O–H groups in total. The normalized spacial score (nSPS) is 31.5. The Morgan fingerprint density at radius 1 is 1.02 bits per heavy atom. The molecule has 2 saturated carbocycles. The molecule has 57 heavy (non-hydrogen) atoms. The van der Waals surface area contributed by atoms with E-state index in [4.69, 9.17) is 30.5 Å². The zero-order valence-electron chi connectivity index (χ0n) is 35.2. The zero-order chi connectivity index (χ0) is 41.7. The number of carbonyl (C=O) groups is 4. The number of phenolic OH excluding ortho intramolecular Hbond substituents is 1. The van der Waals surface area contributed by atoms with Crippen molar-refractivity contribution >= 4 is 35.3 Å². The second-order valence-electron chi connectivity index (χ2n) is 18.4. The molecule has 0 spiro atoms. The molecule has 7 atom stereocenters. The summed E-state index contributed by atoms with van der Waals surface area (Å²) in [7, 11) is 0. The predicted molar refractivity (Wildman–Crippen MR) is 221 cm³/mol. The van der Waals surface area contributed by atoms with Crippen molar-refractivity contribution in [3.05, 3.63) is 58.7 Å². The summed E-state index contributed by atoms with van der Waals surface area (Å²) in [5.74, 6) is -0.626. The molecular formula is C47H65ClO9. The summed E-state index contributed by atoms with van der Waals surface area (Å²) in [5.41, 5.74) is 1.20. The van der Waals surface area contributed by atoms with Crippen LogP contribution in [0.2, 0.25) is 5.02 Å². The van der Waals surface area contributed by atoms with Gasteiger partial charge in [0.2, 0.25) is 0 Å². The highest BCUT2D eigenvalue weighted by Gasteiger charge is 2.46. The van der Waals surface area contributed by atoms with Crippen LogP contribution in [0.4, 0.5) is 0 Å². The number of rotatable bonds is 12. The van der Waals surface area contributed by atoms with Gasteiger partial charge in [0.1, 0.15) is 29.6 Å². The van der Waals surface area contributed by atoms with Crippen LogP contribution in [0.1, 0.15) is 148 Å². The third-order valence-electron chi connectivity index (χ3n) is 13.8. The maximum absolute atomic E-state index is 13.2. The van der Waals surface area contributed by atoms with E-state index in [0.29, 0.717) is 30.1 Å². The molecule has 9 nitrogen and oxygen atoms in total. The largest absolute Gasteiger partial charge is 0.507 e. The van der Waals surface area contributed by atoms with Gasteiger partial charge in [-0.05, 0) is 86.0 Å². The van der Waals surface area contributed by atoms with Gasteiger partial charge in [-0.2, -0.15) is 0 Å². The molecule has 0 bridgehead atoms. The molecule has 3 fully saturated rings. The minimum absolute atomic E-state index is 0.00963. The summed E-state index contributed by atoms with van der Waals surface area (Å²) in [6.07, 6.45) is 15.9. The Morgan fingerprint density at radius 2 is 1.72 bits per heavy atom. The van der Waals surface area contributed by atoms with Crippen LogP contribution in [-0.4, -0.2) is 53.2 Å². The van der Waals surface area contributed by atoms with E-state index in [1.807, 2.05) is 6.08 Å². The number of ether oxygens (including phenoxy) is 4. The van der Waals surface area contributed by atoms with Crippen molar-refractivity contribution in [1.82, 2.24) is 0 Å². The summed E-state index contributed by atoms with van der Waals surface area (Å²) in [4.78, 5) is 52.0. The molecule has 4 aliphatic rings. The Balaban J connectivity index is 1.12. The van der Waals surface area contributed by atoms with Crippen LogP contribution < -0.4 is 4.74 Å². The van der Waals surface area contributed by atoms with Gasteiger partial charge in [0.25, 0.3) is 0 Å². The number of phenols is 1. The summed E-state index contributed by atoms with van der Waals surface area (Å²) < 4.78 is 22.5. The van der Waals surface area contributed by atoms with Crippen molar-refractivity contribution in [2.24, 2.45) is 34.5 Å². The molecule has 10 heteroatoms. The molecular weight excluding hydrogens is 744 g/mol. The lowest BCUT2D eigenvalue weighted by atomic mass is 9.54. The first kappa shape index (κ1) is 44.7. The van der Waals surface area contributed by atoms with Gasteiger partial charge in [0, 0.05) is 30.9 Å². The summed E-state index contributed by atoms with van der Waals surface area (Å²) >= 11 is 6.63. The van der Waals surface area contributed by atoms with Crippen LogP contribution in [-0.2, 0) is 35.0 Å². The molecule has 0 unspecified atom stereocenters. The van der Waals surface area contributed by atoms with Gasteiger partial charge in [0.05, 0.1) is 24.0 Å². The number of epoxide rings is 1. The molecule has 1 aromatic carbocycles. The van der Waals surface area contributed by atoms with E-state index in [9.17, 15) is 24.3 Å². The van der Waals surface area contributed by atoms with Gasteiger partial charge < -0.3 is 24.1 Å². The van der Waals surface area contributed by atoms with Crippen LogP contribution in [0, 0.1) is 34.5 Å². The van der Waals surface area contributed by atoms with Crippen molar-refractivity contribution in [3.63, 3.8) is 0 Å². The lowest BCUT2D eigenvalue weighted by Gasteiger charge is -2.51. The number of cyclic esters (lactones) is 1. The highest BCUT2D eigenvalue weighted by Crippen LogP contribution is 2.56. The fourth-order valence-corrected chi connectivity index (χ4v) is 9.72. The molecule has 0 radical (unpaired) electrons. The lowest BCUT2D eigenvalue weighted by molar-refractivity contribution is -0.153. The average Bonchev–Trinajstić information content (AvgIpc) is 3.88. The molecule has 5 rings (SSSR count). The topological polar surface area (TPSA) is 129 Å². The second kappa shape index (κ2) is 19.1. The maximum atomic E-state index is 13.2. The van der Waals surface area contributed by atoms with E-state index in [2.05, 4.69) is 48.1 Å².